The molecule has 0 spiro atoms. The Labute approximate surface area is 169 Å². The van der Waals surface area contributed by atoms with Gasteiger partial charge in [0.05, 0.1) is 19.1 Å². The zero-order chi connectivity index (χ0) is 20.8. The van der Waals surface area contributed by atoms with E-state index in [0.717, 1.165) is 12.0 Å². The lowest BCUT2D eigenvalue weighted by Gasteiger charge is -2.39. The molecule has 156 valence electrons. The molecule has 1 aromatic carbocycles. The quantitative estimate of drug-likeness (QED) is 0.768. The molecule has 1 amide bonds. The van der Waals surface area contributed by atoms with Gasteiger partial charge in [0.15, 0.2) is 5.75 Å². The van der Waals surface area contributed by atoms with Crippen molar-refractivity contribution in [2.24, 2.45) is 11.8 Å². The summed E-state index contributed by atoms with van der Waals surface area (Å²) in [5, 5.41) is 2.95. The van der Waals surface area contributed by atoms with Crippen LogP contribution in [-0.4, -0.2) is 52.0 Å². The number of benzene rings is 1. The van der Waals surface area contributed by atoms with Crippen molar-refractivity contribution in [3.63, 3.8) is 0 Å². The Morgan fingerprint density at radius 3 is 2.55 bits per heavy atom. The maximum Gasteiger partial charge on any atom is 0.291 e. The predicted molar refractivity (Wildman–Crippen MR) is 105 cm³/mol. The van der Waals surface area contributed by atoms with Gasteiger partial charge in [-0.1, -0.05) is 17.7 Å². The molecule has 3 atom stereocenters. The highest BCUT2D eigenvalue weighted by Crippen LogP contribution is 2.43. The number of hydrogen-bond donors (Lipinski definition) is 1. The molecule has 9 heteroatoms. The van der Waals surface area contributed by atoms with Gasteiger partial charge in [-0.05, 0) is 37.3 Å². The Morgan fingerprint density at radius 2 is 1.90 bits per heavy atom. The molecule has 4 rings (SSSR count). The minimum absolute atomic E-state index is 0.0509. The van der Waals surface area contributed by atoms with Crippen molar-refractivity contribution in [3.05, 3.63) is 41.9 Å². The van der Waals surface area contributed by atoms with Crippen molar-refractivity contribution < 1.29 is 27.1 Å². The van der Waals surface area contributed by atoms with Crippen LogP contribution in [0.25, 0.3) is 0 Å². The zero-order valence-electron chi connectivity index (χ0n) is 16.5. The van der Waals surface area contributed by atoms with E-state index in [1.165, 1.54) is 24.8 Å². The third-order valence-corrected chi connectivity index (χ3v) is 7.70. The number of sulfonamides is 1. The summed E-state index contributed by atoms with van der Waals surface area (Å²) in [6.45, 7) is 2.79. The van der Waals surface area contributed by atoms with Gasteiger partial charge < -0.3 is 19.2 Å². The molecule has 1 N–H and O–H groups in total. The van der Waals surface area contributed by atoms with Crippen molar-refractivity contribution in [3.8, 4) is 11.5 Å². The minimum atomic E-state index is -3.53. The molecule has 2 heterocycles. The molecule has 2 aromatic rings. The van der Waals surface area contributed by atoms with Gasteiger partial charge in [0.2, 0.25) is 21.5 Å². The van der Waals surface area contributed by atoms with Crippen LogP contribution in [0, 0.1) is 18.8 Å². The standard InChI is InChI=1S/C20H24N2O6S/c1-12-4-6-14(7-5-12)29(24,25)22-9-13-8-16(15(13)10-22)21-20(23)19-18(27-3)17(26-2)11-28-19/h4-7,11,13,15-16H,8-10H2,1-3H3,(H,21,23)/t13-,15+,16+/m1/s1. The molecule has 2 fully saturated rings. The van der Waals surface area contributed by atoms with Gasteiger partial charge in [-0.25, -0.2) is 8.42 Å². The van der Waals surface area contributed by atoms with Crippen molar-refractivity contribution in [2.45, 2.75) is 24.3 Å². The summed E-state index contributed by atoms with van der Waals surface area (Å²) in [6.07, 6.45) is 2.05. The lowest BCUT2D eigenvalue weighted by Crippen LogP contribution is -2.52. The van der Waals surface area contributed by atoms with E-state index in [4.69, 9.17) is 13.9 Å². The molecule has 0 unspecified atom stereocenters. The second kappa shape index (κ2) is 7.38. The first-order valence-corrected chi connectivity index (χ1v) is 10.9. The van der Waals surface area contributed by atoms with Gasteiger partial charge in [-0.15, -0.1) is 0 Å². The van der Waals surface area contributed by atoms with Gasteiger partial charge in [0, 0.05) is 19.1 Å². The third kappa shape index (κ3) is 3.38. The summed E-state index contributed by atoms with van der Waals surface area (Å²) < 4.78 is 43.0. The largest absolute Gasteiger partial charge is 0.490 e. The number of furan rings is 1. The molecule has 1 aliphatic heterocycles. The summed E-state index contributed by atoms with van der Waals surface area (Å²) >= 11 is 0. The van der Waals surface area contributed by atoms with Crippen LogP contribution in [0.1, 0.15) is 22.5 Å². The molecule has 0 radical (unpaired) electrons. The van der Waals surface area contributed by atoms with E-state index >= 15 is 0 Å². The Kier molecular flexibility index (Phi) is 5.04. The molecule has 8 nitrogen and oxygen atoms in total. The summed E-state index contributed by atoms with van der Waals surface area (Å²) in [5.41, 5.74) is 1.01. The predicted octanol–water partition coefficient (Wildman–Crippen LogP) is 2.04. The maximum absolute atomic E-state index is 12.9. The molecule has 2 aliphatic rings. The highest BCUT2D eigenvalue weighted by molar-refractivity contribution is 7.89. The second-order valence-corrected chi connectivity index (χ2v) is 9.48. The number of fused-ring (bicyclic) bond motifs is 1. The molecular formula is C20H24N2O6S. The third-order valence-electron chi connectivity index (χ3n) is 5.85. The number of hydrogen-bond acceptors (Lipinski definition) is 6. The summed E-state index contributed by atoms with van der Waals surface area (Å²) in [5.74, 6) is 0.579. The summed E-state index contributed by atoms with van der Waals surface area (Å²) in [7, 11) is -0.626. The Morgan fingerprint density at radius 1 is 1.17 bits per heavy atom. The topological polar surface area (TPSA) is 98.1 Å². The average molecular weight is 420 g/mol. The normalized spacial score (nSPS) is 23.9. The van der Waals surface area contributed by atoms with E-state index in [2.05, 4.69) is 5.32 Å². The van der Waals surface area contributed by atoms with Crippen molar-refractivity contribution in [2.75, 3.05) is 27.3 Å². The molecule has 29 heavy (non-hydrogen) atoms. The fourth-order valence-electron chi connectivity index (χ4n) is 4.14. The number of nitrogens with zero attached hydrogens (tertiary/aromatic N) is 1. The number of carbonyl (C=O) groups is 1. The molecule has 1 saturated carbocycles. The molecule has 1 aliphatic carbocycles. The minimum Gasteiger partial charge on any atom is -0.490 e. The first kappa shape index (κ1) is 19.8. The van der Waals surface area contributed by atoms with Crippen LogP contribution < -0.4 is 14.8 Å². The van der Waals surface area contributed by atoms with Crippen molar-refractivity contribution in [1.29, 1.82) is 0 Å². The SMILES string of the molecule is COc1coc(C(=O)N[C@H]2C[C@@H]3CN(S(=O)(=O)c4ccc(C)cc4)C[C@@H]32)c1OC. The average Bonchev–Trinajstić information content (AvgIpc) is 3.27. The molecule has 1 saturated heterocycles. The maximum atomic E-state index is 12.9. The Bertz CT molecular complexity index is 1010. The number of amides is 1. The van der Waals surface area contributed by atoms with Crippen LogP contribution in [0.15, 0.2) is 39.8 Å². The highest BCUT2D eigenvalue weighted by Gasteiger charge is 2.50. The summed E-state index contributed by atoms with van der Waals surface area (Å²) in [4.78, 5) is 12.9. The van der Waals surface area contributed by atoms with Crippen LogP contribution in [0.2, 0.25) is 0 Å². The molecular weight excluding hydrogens is 396 g/mol. The molecule has 1 aromatic heterocycles. The molecule has 0 bridgehead atoms. The van der Waals surface area contributed by atoms with Crippen LogP contribution in [0.3, 0.4) is 0 Å². The second-order valence-electron chi connectivity index (χ2n) is 7.54. The number of rotatable bonds is 6. The fourth-order valence-corrected chi connectivity index (χ4v) is 5.68. The van der Waals surface area contributed by atoms with Gasteiger partial charge in [0.1, 0.15) is 6.26 Å². The van der Waals surface area contributed by atoms with E-state index in [-0.39, 0.29) is 29.4 Å². The zero-order valence-corrected chi connectivity index (χ0v) is 17.4. The van der Waals surface area contributed by atoms with E-state index in [9.17, 15) is 13.2 Å². The fraction of sp³-hybridized carbons (Fsp3) is 0.450. The van der Waals surface area contributed by atoms with Gasteiger partial charge in [0.25, 0.3) is 5.91 Å². The van der Waals surface area contributed by atoms with E-state index in [1.807, 2.05) is 6.92 Å². The Hall–Kier alpha value is -2.52. The lowest BCUT2D eigenvalue weighted by atomic mass is 9.71. The van der Waals surface area contributed by atoms with Crippen molar-refractivity contribution in [1.82, 2.24) is 9.62 Å². The van der Waals surface area contributed by atoms with Gasteiger partial charge in [-0.3, -0.25) is 4.79 Å². The van der Waals surface area contributed by atoms with Crippen LogP contribution >= 0.6 is 0 Å². The van der Waals surface area contributed by atoms with Crippen LogP contribution in [0.4, 0.5) is 0 Å². The van der Waals surface area contributed by atoms with Gasteiger partial charge >= 0.3 is 0 Å². The first-order chi connectivity index (χ1) is 13.8. The van der Waals surface area contributed by atoms with E-state index in [1.54, 1.807) is 24.3 Å². The first-order valence-electron chi connectivity index (χ1n) is 9.42. The lowest BCUT2D eigenvalue weighted by molar-refractivity contribution is 0.0801. The van der Waals surface area contributed by atoms with E-state index < -0.39 is 15.9 Å². The van der Waals surface area contributed by atoms with Crippen molar-refractivity contribution >= 4 is 15.9 Å². The highest BCUT2D eigenvalue weighted by atomic mass is 32.2. The number of ether oxygens (including phenoxy) is 2. The van der Waals surface area contributed by atoms with Crippen LogP contribution in [-0.2, 0) is 10.0 Å². The summed E-state index contributed by atoms with van der Waals surface area (Å²) in [6, 6.07) is 6.77. The Balaban J connectivity index is 1.43. The number of aryl methyl sites for hydroxylation is 1. The smallest absolute Gasteiger partial charge is 0.291 e. The number of carbonyl (C=O) groups excluding carboxylic acids is 1. The van der Waals surface area contributed by atoms with Crippen LogP contribution in [0.5, 0.6) is 11.5 Å². The van der Waals surface area contributed by atoms with Gasteiger partial charge in [-0.2, -0.15) is 4.31 Å². The van der Waals surface area contributed by atoms with E-state index in [0.29, 0.717) is 23.7 Å². The monoisotopic (exact) mass is 420 g/mol. The number of nitrogens with one attached hydrogen (secondary N) is 1. The number of methoxy groups -OCH3 is 2.